The standard InChI is InChI=1S/C14H12O4/c1-18-11-5-2-9(3-6-11)10-4-7-13(15)12(8-10)14(16)17/h2-8,15H,1H3,(H,16,17)/p-1. The molecule has 1 N–H and O–H groups in total. The number of carbonyl (C=O) groups is 1. The lowest BCUT2D eigenvalue weighted by atomic mass is 10.0. The van der Waals surface area contributed by atoms with Gasteiger partial charge in [0, 0.05) is 0 Å². The Morgan fingerprint density at radius 1 is 1.11 bits per heavy atom. The third-order valence-electron chi connectivity index (χ3n) is 2.63. The minimum absolute atomic E-state index is 0.219. The lowest BCUT2D eigenvalue weighted by molar-refractivity contribution is -0.268. The number of aromatic carboxylic acids is 1. The topological polar surface area (TPSA) is 69.6 Å². The van der Waals surface area contributed by atoms with E-state index in [-0.39, 0.29) is 5.56 Å². The highest BCUT2D eigenvalue weighted by Gasteiger charge is 2.06. The van der Waals surface area contributed by atoms with Crippen molar-refractivity contribution in [2.45, 2.75) is 0 Å². The minimum Gasteiger partial charge on any atom is -0.872 e. The molecule has 0 aliphatic carbocycles. The molecule has 0 unspecified atom stereocenters. The summed E-state index contributed by atoms with van der Waals surface area (Å²) in [6.45, 7) is 0. The zero-order valence-corrected chi connectivity index (χ0v) is 9.71. The van der Waals surface area contributed by atoms with Gasteiger partial charge >= 0.3 is 5.97 Å². The third-order valence-corrected chi connectivity index (χ3v) is 2.63. The van der Waals surface area contributed by atoms with Crippen LogP contribution in [0.5, 0.6) is 11.5 Å². The first-order valence-electron chi connectivity index (χ1n) is 5.30. The Balaban J connectivity index is 2.44. The molecule has 0 aliphatic rings. The Morgan fingerprint density at radius 2 is 1.72 bits per heavy atom. The number of hydrogen-bond donors (Lipinski definition) is 1. The SMILES string of the molecule is COc1ccc(-c2ccc([O-])c(C(=O)O)c2)cc1. The van der Waals surface area contributed by atoms with Crippen LogP contribution in [0.25, 0.3) is 11.1 Å². The first-order chi connectivity index (χ1) is 8.61. The molecule has 0 fully saturated rings. The van der Waals surface area contributed by atoms with E-state index in [0.717, 1.165) is 11.3 Å². The van der Waals surface area contributed by atoms with Crippen molar-refractivity contribution in [1.29, 1.82) is 0 Å². The van der Waals surface area contributed by atoms with Crippen molar-refractivity contribution in [3.05, 3.63) is 48.0 Å². The molecule has 2 aromatic rings. The molecular weight excluding hydrogens is 232 g/mol. The van der Waals surface area contributed by atoms with Crippen molar-refractivity contribution in [2.24, 2.45) is 0 Å². The number of hydrogen-bond acceptors (Lipinski definition) is 3. The van der Waals surface area contributed by atoms with Gasteiger partial charge in [0.15, 0.2) is 0 Å². The highest BCUT2D eigenvalue weighted by molar-refractivity contribution is 5.92. The molecule has 0 heterocycles. The summed E-state index contributed by atoms with van der Waals surface area (Å²) >= 11 is 0. The van der Waals surface area contributed by atoms with Gasteiger partial charge in [-0.05, 0) is 29.3 Å². The average Bonchev–Trinajstić information content (AvgIpc) is 2.39. The van der Waals surface area contributed by atoms with Crippen LogP contribution in [0.3, 0.4) is 0 Å². The summed E-state index contributed by atoms with van der Waals surface area (Å²) < 4.78 is 5.04. The monoisotopic (exact) mass is 243 g/mol. The number of methoxy groups -OCH3 is 1. The van der Waals surface area contributed by atoms with E-state index in [0.29, 0.717) is 5.56 Å². The Bertz CT molecular complexity index is 573. The molecule has 18 heavy (non-hydrogen) atoms. The smallest absolute Gasteiger partial charge is 0.335 e. The maximum atomic E-state index is 11.3. The second-order valence-electron chi connectivity index (χ2n) is 3.74. The van der Waals surface area contributed by atoms with Crippen LogP contribution in [-0.4, -0.2) is 18.2 Å². The van der Waals surface area contributed by atoms with Crippen LogP contribution in [0.15, 0.2) is 42.5 Å². The van der Waals surface area contributed by atoms with Gasteiger partial charge in [-0.15, -0.1) is 0 Å². The van der Waals surface area contributed by atoms with E-state index in [2.05, 4.69) is 0 Å². The fourth-order valence-corrected chi connectivity index (χ4v) is 1.66. The summed E-state index contributed by atoms with van der Waals surface area (Å²) in [6.07, 6.45) is 0. The molecule has 0 atom stereocenters. The molecule has 2 aromatic carbocycles. The van der Waals surface area contributed by atoms with Gasteiger partial charge < -0.3 is 14.9 Å². The van der Waals surface area contributed by atoms with Crippen LogP contribution in [-0.2, 0) is 0 Å². The lowest BCUT2D eigenvalue weighted by Gasteiger charge is -2.12. The quantitative estimate of drug-likeness (QED) is 0.896. The Kier molecular flexibility index (Phi) is 3.19. The van der Waals surface area contributed by atoms with Crippen molar-refractivity contribution in [2.75, 3.05) is 7.11 Å². The largest absolute Gasteiger partial charge is 0.872 e. The minimum atomic E-state index is -1.21. The molecule has 0 saturated heterocycles. The summed E-state index contributed by atoms with van der Waals surface area (Å²) in [5.41, 5.74) is 1.30. The second kappa shape index (κ2) is 4.79. The van der Waals surface area contributed by atoms with Crippen LogP contribution >= 0.6 is 0 Å². The molecule has 0 radical (unpaired) electrons. The fraction of sp³-hybridized carbons (Fsp3) is 0.0714. The van der Waals surface area contributed by atoms with Crippen molar-refractivity contribution < 1.29 is 19.7 Å². The van der Waals surface area contributed by atoms with Gasteiger partial charge in [-0.2, -0.15) is 0 Å². The Morgan fingerprint density at radius 3 is 2.28 bits per heavy atom. The van der Waals surface area contributed by atoms with Gasteiger partial charge in [0.2, 0.25) is 0 Å². The van der Waals surface area contributed by atoms with E-state index < -0.39 is 11.7 Å². The van der Waals surface area contributed by atoms with Crippen LogP contribution < -0.4 is 9.84 Å². The molecule has 0 aromatic heterocycles. The number of rotatable bonds is 3. The number of carboxylic acids is 1. The fourth-order valence-electron chi connectivity index (χ4n) is 1.66. The maximum absolute atomic E-state index is 11.3. The summed E-state index contributed by atoms with van der Waals surface area (Å²) in [5, 5.41) is 20.2. The highest BCUT2D eigenvalue weighted by Crippen LogP contribution is 2.26. The van der Waals surface area contributed by atoms with Crippen LogP contribution in [0, 0.1) is 0 Å². The zero-order valence-electron chi connectivity index (χ0n) is 9.71. The maximum Gasteiger partial charge on any atom is 0.335 e. The predicted octanol–water partition coefficient (Wildman–Crippen LogP) is 2.13. The average molecular weight is 243 g/mol. The van der Waals surface area contributed by atoms with E-state index in [4.69, 9.17) is 9.84 Å². The highest BCUT2D eigenvalue weighted by atomic mass is 16.5. The van der Waals surface area contributed by atoms with E-state index in [1.165, 1.54) is 12.1 Å². The summed E-state index contributed by atoms with van der Waals surface area (Å²) in [4.78, 5) is 10.9. The van der Waals surface area contributed by atoms with Crippen molar-refractivity contribution in [1.82, 2.24) is 0 Å². The molecular formula is C14H11O4-. The van der Waals surface area contributed by atoms with Crippen LogP contribution in [0.4, 0.5) is 0 Å². The molecule has 0 aliphatic heterocycles. The van der Waals surface area contributed by atoms with E-state index in [1.54, 1.807) is 25.3 Å². The number of carboxylic acid groups (broad SMARTS) is 1. The predicted molar refractivity (Wildman–Crippen MR) is 64.8 cm³/mol. The van der Waals surface area contributed by atoms with E-state index in [9.17, 15) is 9.90 Å². The zero-order chi connectivity index (χ0) is 13.1. The van der Waals surface area contributed by atoms with Gasteiger partial charge in [0.1, 0.15) is 5.75 Å². The molecule has 2 rings (SSSR count). The summed E-state index contributed by atoms with van der Waals surface area (Å²) in [6, 6.07) is 11.4. The summed E-state index contributed by atoms with van der Waals surface area (Å²) in [7, 11) is 1.57. The van der Waals surface area contributed by atoms with Gasteiger partial charge in [0.05, 0.1) is 12.7 Å². The van der Waals surface area contributed by atoms with Gasteiger partial charge in [0.25, 0.3) is 0 Å². The number of ether oxygens (including phenoxy) is 1. The molecule has 0 bridgehead atoms. The Labute approximate surface area is 104 Å². The molecule has 0 spiro atoms. The number of benzene rings is 2. The van der Waals surface area contributed by atoms with Gasteiger partial charge in [-0.3, -0.25) is 0 Å². The lowest BCUT2D eigenvalue weighted by Crippen LogP contribution is -2.03. The second-order valence-corrected chi connectivity index (χ2v) is 3.74. The Hall–Kier alpha value is -2.49. The van der Waals surface area contributed by atoms with Gasteiger partial charge in [-0.25, -0.2) is 4.79 Å². The third kappa shape index (κ3) is 2.27. The first-order valence-corrected chi connectivity index (χ1v) is 5.30. The molecule has 0 saturated carbocycles. The van der Waals surface area contributed by atoms with Crippen molar-refractivity contribution in [3.63, 3.8) is 0 Å². The summed E-state index contributed by atoms with van der Waals surface area (Å²) in [5.74, 6) is -0.979. The first kappa shape index (κ1) is 12.0. The van der Waals surface area contributed by atoms with Gasteiger partial charge in [-0.1, -0.05) is 30.0 Å². The van der Waals surface area contributed by atoms with Crippen LogP contribution in [0.1, 0.15) is 10.4 Å². The molecule has 92 valence electrons. The molecule has 4 heteroatoms. The van der Waals surface area contributed by atoms with Crippen molar-refractivity contribution in [3.8, 4) is 22.6 Å². The van der Waals surface area contributed by atoms with Crippen molar-refractivity contribution >= 4 is 5.97 Å². The van der Waals surface area contributed by atoms with E-state index in [1.807, 2.05) is 12.1 Å². The normalized spacial score (nSPS) is 10.1. The molecule has 0 amide bonds. The van der Waals surface area contributed by atoms with E-state index >= 15 is 0 Å². The van der Waals surface area contributed by atoms with Crippen LogP contribution in [0.2, 0.25) is 0 Å². The molecule has 4 nitrogen and oxygen atoms in total.